The first kappa shape index (κ1) is 22.5. The Morgan fingerprint density at radius 1 is 0.867 bits per heavy atom. The molecule has 3 aromatic carbocycles. The normalized spacial score (nSPS) is 11.0. The number of ketones is 1. The third kappa shape index (κ3) is 5.71. The summed E-state index contributed by atoms with van der Waals surface area (Å²) < 4.78 is 11.2. The minimum Gasteiger partial charge on any atom is -0.496 e. The summed E-state index contributed by atoms with van der Waals surface area (Å²) in [5, 5.41) is 1.69. The molecule has 0 aliphatic carbocycles. The van der Waals surface area contributed by atoms with Crippen LogP contribution >= 0.6 is 46.4 Å². The molecule has 0 radical (unpaired) electrons. The maximum absolute atomic E-state index is 12.4. The van der Waals surface area contributed by atoms with Gasteiger partial charge in [0, 0.05) is 16.1 Å². The highest BCUT2D eigenvalue weighted by atomic mass is 35.5. The molecule has 30 heavy (non-hydrogen) atoms. The Morgan fingerprint density at radius 3 is 2.33 bits per heavy atom. The van der Waals surface area contributed by atoms with Gasteiger partial charge in [-0.1, -0.05) is 58.5 Å². The third-order valence-corrected chi connectivity index (χ3v) is 5.48. The molecule has 7 heteroatoms. The van der Waals surface area contributed by atoms with Gasteiger partial charge in [0.25, 0.3) is 0 Å². The summed E-state index contributed by atoms with van der Waals surface area (Å²) in [7, 11) is 1.58. The molecule has 0 bridgehead atoms. The standard InChI is InChI=1S/C23H16Cl4O3/c1-29-22-8-3-14(2-7-21(28)15-4-6-18(25)19(26)11-15)10-16(22)13-30-23-9-5-17(24)12-20(23)27/h2-12H,13H2,1H3/b7-2+. The summed E-state index contributed by atoms with van der Waals surface area (Å²) >= 11 is 23.9. The van der Waals surface area contributed by atoms with Gasteiger partial charge >= 0.3 is 0 Å². The minimum absolute atomic E-state index is 0.185. The molecule has 0 spiro atoms. The predicted octanol–water partition coefficient (Wildman–Crippen LogP) is 7.78. The predicted molar refractivity (Wildman–Crippen MR) is 124 cm³/mol. The molecule has 0 fully saturated rings. The van der Waals surface area contributed by atoms with Gasteiger partial charge in [0.1, 0.15) is 18.1 Å². The van der Waals surface area contributed by atoms with E-state index in [0.717, 1.165) is 11.1 Å². The number of carbonyl (C=O) groups is 1. The highest BCUT2D eigenvalue weighted by molar-refractivity contribution is 6.42. The van der Waals surface area contributed by atoms with Crippen LogP contribution in [0.2, 0.25) is 20.1 Å². The zero-order valence-corrected chi connectivity index (χ0v) is 18.8. The number of allylic oxidation sites excluding steroid dienone is 1. The Balaban J connectivity index is 1.77. The van der Waals surface area contributed by atoms with Crippen molar-refractivity contribution in [3.63, 3.8) is 0 Å². The van der Waals surface area contributed by atoms with Crippen LogP contribution in [0.15, 0.2) is 60.7 Å². The number of hydrogen-bond donors (Lipinski definition) is 0. The SMILES string of the molecule is COc1ccc(/C=C/C(=O)c2ccc(Cl)c(Cl)c2)cc1COc1ccc(Cl)cc1Cl. The summed E-state index contributed by atoms with van der Waals surface area (Å²) in [5.74, 6) is 0.988. The fraction of sp³-hybridized carbons (Fsp3) is 0.0870. The van der Waals surface area contributed by atoms with Crippen molar-refractivity contribution < 1.29 is 14.3 Å². The average Bonchev–Trinajstić information content (AvgIpc) is 2.73. The van der Waals surface area contributed by atoms with Gasteiger partial charge in [0.15, 0.2) is 5.78 Å². The van der Waals surface area contributed by atoms with E-state index >= 15 is 0 Å². The van der Waals surface area contributed by atoms with Crippen molar-refractivity contribution in [2.24, 2.45) is 0 Å². The second-order valence-electron chi connectivity index (χ2n) is 6.26. The molecule has 3 aromatic rings. The van der Waals surface area contributed by atoms with Crippen LogP contribution in [0.3, 0.4) is 0 Å². The average molecular weight is 482 g/mol. The summed E-state index contributed by atoms with van der Waals surface area (Å²) in [5.41, 5.74) is 2.06. The zero-order chi connectivity index (χ0) is 21.7. The number of benzene rings is 3. The highest BCUT2D eigenvalue weighted by Crippen LogP contribution is 2.30. The van der Waals surface area contributed by atoms with Crippen LogP contribution in [0.4, 0.5) is 0 Å². The van der Waals surface area contributed by atoms with Crippen LogP contribution in [-0.4, -0.2) is 12.9 Å². The molecule has 0 atom stereocenters. The lowest BCUT2D eigenvalue weighted by molar-refractivity contribution is 0.104. The molecular weight excluding hydrogens is 466 g/mol. The third-order valence-electron chi connectivity index (χ3n) is 4.21. The molecule has 0 aliphatic rings. The van der Waals surface area contributed by atoms with Gasteiger partial charge in [0.2, 0.25) is 0 Å². The number of halogens is 4. The lowest BCUT2D eigenvalue weighted by Crippen LogP contribution is -2.00. The molecule has 0 N–H and O–H groups in total. The van der Waals surface area contributed by atoms with E-state index in [4.69, 9.17) is 55.9 Å². The molecular formula is C23H16Cl4O3. The molecule has 3 nitrogen and oxygen atoms in total. The number of hydrogen-bond acceptors (Lipinski definition) is 3. The van der Waals surface area contributed by atoms with Crippen LogP contribution in [0, 0.1) is 0 Å². The molecule has 3 rings (SSSR count). The van der Waals surface area contributed by atoms with Gasteiger partial charge in [-0.05, 0) is 60.2 Å². The smallest absolute Gasteiger partial charge is 0.185 e. The Hall–Kier alpha value is -2.17. The molecule has 0 amide bonds. The Labute approximate surface area is 194 Å². The van der Waals surface area contributed by atoms with Crippen molar-refractivity contribution >= 4 is 58.3 Å². The monoisotopic (exact) mass is 480 g/mol. The number of rotatable bonds is 7. The molecule has 0 saturated heterocycles. The number of carbonyl (C=O) groups excluding carboxylic acids is 1. The van der Waals surface area contributed by atoms with Crippen molar-refractivity contribution in [2.75, 3.05) is 7.11 Å². The van der Waals surface area contributed by atoms with Crippen molar-refractivity contribution in [2.45, 2.75) is 6.61 Å². The van der Waals surface area contributed by atoms with E-state index in [0.29, 0.717) is 37.2 Å². The fourth-order valence-electron chi connectivity index (χ4n) is 2.68. The van der Waals surface area contributed by atoms with Crippen LogP contribution in [0.1, 0.15) is 21.5 Å². The lowest BCUT2D eigenvalue weighted by Gasteiger charge is -2.12. The summed E-state index contributed by atoms with van der Waals surface area (Å²) in [6.07, 6.45) is 3.19. The molecule has 0 aromatic heterocycles. The van der Waals surface area contributed by atoms with Gasteiger partial charge in [-0.3, -0.25) is 4.79 Å². The van der Waals surface area contributed by atoms with Crippen molar-refractivity contribution in [1.29, 1.82) is 0 Å². The zero-order valence-electron chi connectivity index (χ0n) is 15.8. The lowest BCUT2D eigenvalue weighted by atomic mass is 10.1. The Bertz CT molecular complexity index is 1110. The van der Waals surface area contributed by atoms with Gasteiger partial charge in [-0.15, -0.1) is 0 Å². The first-order valence-corrected chi connectivity index (χ1v) is 10.3. The first-order valence-electron chi connectivity index (χ1n) is 8.79. The highest BCUT2D eigenvalue weighted by Gasteiger charge is 2.09. The van der Waals surface area contributed by atoms with E-state index in [-0.39, 0.29) is 12.4 Å². The molecule has 0 unspecified atom stereocenters. The second-order valence-corrected chi connectivity index (χ2v) is 7.92. The Morgan fingerprint density at radius 2 is 1.63 bits per heavy atom. The first-order chi connectivity index (χ1) is 14.4. The van der Waals surface area contributed by atoms with Crippen molar-refractivity contribution in [3.8, 4) is 11.5 Å². The van der Waals surface area contributed by atoms with E-state index in [1.807, 2.05) is 18.2 Å². The maximum atomic E-state index is 12.4. The van der Waals surface area contributed by atoms with Crippen LogP contribution in [0.5, 0.6) is 11.5 Å². The summed E-state index contributed by atoms with van der Waals surface area (Å²) in [6.45, 7) is 0.229. The summed E-state index contributed by atoms with van der Waals surface area (Å²) in [4.78, 5) is 12.4. The van der Waals surface area contributed by atoms with Gasteiger partial charge < -0.3 is 9.47 Å². The number of methoxy groups -OCH3 is 1. The van der Waals surface area contributed by atoms with Crippen molar-refractivity contribution in [3.05, 3.63) is 97.5 Å². The van der Waals surface area contributed by atoms with Crippen LogP contribution < -0.4 is 9.47 Å². The second kappa shape index (κ2) is 10.2. The van der Waals surface area contributed by atoms with E-state index in [1.54, 1.807) is 49.6 Å². The minimum atomic E-state index is -0.185. The molecule has 154 valence electrons. The van der Waals surface area contributed by atoms with E-state index in [1.165, 1.54) is 6.08 Å². The van der Waals surface area contributed by atoms with E-state index in [9.17, 15) is 4.79 Å². The van der Waals surface area contributed by atoms with Gasteiger partial charge in [-0.25, -0.2) is 0 Å². The number of ether oxygens (including phenoxy) is 2. The fourth-order valence-corrected chi connectivity index (χ4v) is 3.44. The van der Waals surface area contributed by atoms with Gasteiger partial charge in [0.05, 0.1) is 22.2 Å². The largest absolute Gasteiger partial charge is 0.496 e. The van der Waals surface area contributed by atoms with Crippen LogP contribution in [0.25, 0.3) is 6.08 Å². The quantitative estimate of drug-likeness (QED) is 0.255. The molecule has 0 heterocycles. The molecule has 0 saturated carbocycles. The van der Waals surface area contributed by atoms with E-state index < -0.39 is 0 Å². The summed E-state index contributed by atoms with van der Waals surface area (Å²) in [6, 6.07) is 15.3. The van der Waals surface area contributed by atoms with Gasteiger partial charge in [-0.2, -0.15) is 0 Å². The van der Waals surface area contributed by atoms with Crippen molar-refractivity contribution in [1.82, 2.24) is 0 Å². The van der Waals surface area contributed by atoms with Crippen LogP contribution in [-0.2, 0) is 6.61 Å². The topological polar surface area (TPSA) is 35.5 Å². The van der Waals surface area contributed by atoms with E-state index in [2.05, 4.69) is 0 Å². The molecule has 0 aliphatic heterocycles. The maximum Gasteiger partial charge on any atom is 0.185 e. The Kier molecular flexibility index (Phi) is 7.68.